The third kappa shape index (κ3) is 5.05. The zero-order valence-corrected chi connectivity index (χ0v) is 24.3. The van der Waals surface area contributed by atoms with Gasteiger partial charge in [0, 0.05) is 38.6 Å². The largest absolute Gasteiger partial charge is 0.507 e. The van der Waals surface area contributed by atoms with E-state index in [0.717, 1.165) is 39.1 Å². The van der Waals surface area contributed by atoms with Crippen LogP contribution in [0.25, 0.3) is 50.5 Å². The van der Waals surface area contributed by atoms with E-state index in [1.165, 1.54) is 5.56 Å². The SMILES string of the molecule is CC(C)(C)c1ccnc(-c2[c-]c(-c3cccc4c3nc(-c3ccccc3O)n4-c3ccccc3)ccc2)c1.[Pt]. The van der Waals surface area contributed by atoms with Crippen molar-refractivity contribution in [1.82, 2.24) is 14.5 Å². The van der Waals surface area contributed by atoms with Gasteiger partial charge in [-0.2, -0.15) is 0 Å². The van der Waals surface area contributed by atoms with Gasteiger partial charge >= 0.3 is 0 Å². The molecule has 5 heteroatoms. The van der Waals surface area contributed by atoms with Gasteiger partial charge in [0.25, 0.3) is 0 Å². The smallest absolute Gasteiger partial charge is 0.148 e. The summed E-state index contributed by atoms with van der Waals surface area (Å²) < 4.78 is 2.10. The van der Waals surface area contributed by atoms with E-state index in [2.05, 4.69) is 84.9 Å². The Bertz CT molecular complexity index is 1770. The van der Waals surface area contributed by atoms with Crippen LogP contribution in [0.2, 0.25) is 0 Å². The molecule has 6 aromatic rings. The molecule has 0 aliphatic carbocycles. The summed E-state index contributed by atoms with van der Waals surface area (Å²) in [6.07, 6.45) is 1.87. The Morgan fingerprint density at radius 3 is 2.21 bits per heavy atom. The third-order valence-electron chi connectivity index (χ3n) is 6.83. The number of hydrogen-bond acceptors (Lipinski definition) is 3. The Balaban J connectivity index is 0.00000308. The van der Waals surface area contributed by atoms with Crippen LogP contribution >= 0.6 is 0 Å². The number of imidazole rings is 1. The second-order valence-electron chi connectivity index (χ2n) is 10.5. The molecule has 0 saturated heterocycles. The molecule has 0 amide bonds. The van der Waals surface area contributed by atoms with Gasteiger partial charge in [-0.15, -0.1) is 29.8 Å². The number of para-hydroxylation sites is 3. The van der Waals surface area contributed by atoms with Gasteiger partial charge in [0.1, 0.15) is 11.6 Å². The maximum absolute atomic E-state index is 10.7. The minimum absolute atomic E-state index is 0. The molecule has 0 unspecified atom stereocenters. The Morgan fingerprint density at radius 2 is 1.44 bits per heavy atom. The summed E-state index contributed by atoms with van der Waals surface area (Å²) in [6, 6.07) is 37.6. The number of benzene rings is 4. The molecule has 0 saturated carbocycles. The van der Waals surface area contributed by atoms with Crippen LogP contribution in [0, 0.1) is 6.07 Å². The fourth-order valence-electron chi connectivity index (χ4n) is 4.82. The molecule has 39 heavy (non-hydrogen) atoms. The third-order valence-corrected chi connectivity index (χ3v) is 6.83. The minimum Gasteiger partial charge on any atom is -0.507 e. The van der Waals surface area contributed by atoms with E-state index >= 15 is 0 Å². The zero-order valence-electron chi connectivity index (χ0n) is 22.0. The summed E-state index contributed by atoms with van der Waals surface area (Å²) in [7, 11) is 0. The Hall–Kier alpha value is -4.01. The van der Waals surface area contributed by atoms with Crippen LogP contribution in [0.4, 0.5) is 0 Å². The van der Waals surface area contributed by atoms with Crippen LogP contribution in [0.5, 0.6) is 5.75 Å². The molecular formula is C34H28N3OPt-. The van der Waals surface area contributed by atoms with Gasteiger partial charge in [-0.05, 0) is 47.4 Å². The first-order valence-electron chi connectivity index (χ1n) is 12.7. The van der Waals surface area contributed by atoms with E-state index in [1.807, 2.05) is 54.7 Å². The molecule has 0 spiro atoms. The van der Waals surface area contributed by atoms with Crippen molar-refractivity contribution in [3.05, 3.63) is 121 Å². The Morgan fingerprint density at radius 1 is 0.744 bits per heavy atom. The number of rotatable bonds is 4. The predicted octanol–water partition coefficient (Wildman–Crippen LogP) is 8.22. The zero-order chi connectivity index (χ0) is 26.3. The van der Waals surface area contributed by atoms with Gasteiger partial charge in [-0.25, -0.2) is 4.98 Å². The molecule has 2 heterocycles. The standard InChI is InChI=1S/C34H28N3O.Pt/c1-34(2,3)25-19-20-35-29(22-25)24-12-9-11-23(21-24)27-16-10-17-30-32(27)36-33(28-15-7-8-18-31(28)38)37(30)26-13-5-4-6-14-26;/h4-20,22,38H,1-3H3;/q-1;. The molecule has 4 nitrogen and oxygen atoms in total. The van der Waals surface area contributed by atoms with Crippen molar-refractivity contribution in [3.63, 3.8) is 0 Å². The summed E-state index contributed by atoms with van der Waals surface area (Å²) in [4.78, 5) is 9.76. The van der Waals surface area contributed by atoms with Gasteiger partial charge in [0.05, 0.1) is 16.6 Å². The monoisotopic (exact) mass is 689 g/mol. The van der Waals surface area contributed by atoms with Crippen LogP contribution in [0.15, 0.2) is 109 Å². The number of fused-ring (bicyclic) bond motifs is 1. The quantitative estimate of drug-likeness (QED) is 0.190. The molecule has 6 rings (SSSR count). The molecule has 0 aliphatic heterocycles. The van der Waals surface area contributed by atoms with Crippen molar-refractivity contribution in [2.45, 2.75) is 26.2 Å². The van der Waals surface area contributed by atoms with E-state index in [9.17, 15) is 5.11 Å². The number of aromatic hydroxyl groups is 1. The van der Waals surface area contributed by atoms with Crippen LogP contribution in [-0.2, 0) is 26.5 Å². The first kappa shape index (κ1) is 26.6. The number of phenols is 1. The van der Waals surface area contributed by atoms with Crippen LogP contribution in [0.3, 0.4) is 0 Å². The number of nitrogens with zero attached hydrogens (tertiary/aromatic N) is 3. The van der Waals surface area contributed by atoms with Gasteiger partial charge < -0.3 is 5.11 Å². The van der Waals surface area contributed by atoms with E-state index in [1.54, 1.807) is 6.07 Å². The molecule has 0 bridgehead atoms. The van der Waals surface area contributed by atoms with Crippen molar-refractivity contribution in [3.8, 4) is 45.2 Å². The summed E-state index contributed by atoms with van der Waals surface area (Å²) in [5.74, 6) is 0.882. The van der Waals surface area contributed by atoms with Crippen molar-refractivity contribution < 1.29 is 26.2 Å². The van der Waals surface area contributed by atoms with Crippen molar-refractivity contribution in [1.29, 1.82) is 0 Å². The predicted molar refractivity (Wildman–Crippen MR) is 154 cm³/mol. The molecule has 0 fully saturated rings. The topological polar surface area (TPSA) is 50.9 Å². The van der Waals surface area contributed by atoms with Crippen molar-refractivity contribution in [2.24, 2.45) is 0 Å². The second-order valence-corrected chi connectivity index (χ2v) is 10.5. The number of hydrogen-bond donors (Lipinski definition) is 1. The Labute approximate surface area is 243 Å². The maximum atomic E-state index is 10.7. The van der Waals surface area contributed by atoms with Gasteiger partial charge in [0.2, 0.25) is 0 Å². The maximum Gasteiger partial charge on any atom is 0.148 e. The molecule has 1 N–H and O–H groups in total. The molecule has 2 aromatic heterocycles. The number of pyridine rings is 1. The average molecular weight is 690 g/mol. The first-order chi connectivity index (χ1) is 18.4. The van der Waals surface area contributed by atoms with Crippen molar-refractivity contribution in [2.75, 3.05) is 0 Å². The van der Waals surface area contributed by atoms with Gasteiger partial charge in [-0.1, -0.05) is 80.4 Å². The van der Waals surface area contributed by atoms with E-state index in [-0.39, 0.29) is 32.2 Å². The van der Waals surface area contributed by atoms with Gasteiger partial charge in [-0.3, -0.25) is 9.55 Å². The number of phenolic OH excluding ortho intramolecular Hbond substituents is 1. The van der Waals surface area contributed by atoms with Gasteiger partial charge in [0.15, 0.2) is 0 Å². The Kier molecular flexibility index (Phi) is 7.25. The molecule has 4 aromatic carbocycles. The van der Waals surface area contributed by atoms with Crippen LogP contribution in [-0.4, -0.2) is 19.6 Å². The minimum atomic E-state index is 0. The summed E-state index contributed by atoms with van der Waals surface area (Å²) in [6.45, 7) is 6.62. The molecule has 0 radical (unpaired) electrons. The van der Waals surface area contributed by atoms with Crippen molar-refractivity contribution >= 4 is 11.0 Å². The number of aromatic nitrogens is 3. The average Bonchev–Trinajstić information content (AvgIpc) is 3.33. The van der Waals surface area contributed by atoms with Crippen LogP contribution < -0.4 is 0 Å². The van der Waals surface area contributed by atoms with Crippen LogP contribution in [0.1, 0.15) is 26.3 Å². The summed E-state index contributed by atoms with van der Waals surface area (Å²) in [5.41, 5.74) is 8.48. The molecule has 0 atom stereocenters. The fraction of sp³-hybridized carbons (Fsp3) is 0.118. The van der Waals surface area contributed by atoms with E-state index < -0.39 is 0 Å². The van der Waals surface area contributed by atoms with E-state index in [4.69, 9.17) is 4.98 Å². The first-order valence-corrected chi connectivity index (χ1v) is 12.7. The molecule has 0 aliphatic rings. The fourth-order valence-corrected chi connectivity index (χ4v) is 4.82. The summed E-state index contributed by atoms with van der Waals surface area (Å²) in [5, 5.41) is 10.7. The molecular weight excluding hydrogens is 661 g/mol. The van der Waals surface area contributed by atoms with E-state index in [0.29, 0.717) is 11.4 Å². The normalized spacial score (nSPS) is 11.4. The molecule has 196 valence electrons. The summed E-state index contributed by atoms with van der Waals surface area (Å²) >= 11 is 0. The second kappa shape index (κ2) is 10.6.